The van der Waals surface area contributed by atoms with Gasteiger partial charge in [0.05, 0.1) is 0 Å². The quantitative estimate of drug-likeness (QED) is 0.697. The summed E-state index contributed by atoms with van der Waals surface area (Å²) in [6.07, 6.45) is 0. The van der Waals surface area contributed by atoms with Gasteiger partial charge < -0.3 is 0 Å². The fraction of sp³-hybridized carbons (Fsp3) is 0.600. The van der Waals surface area contributed by atoms with Crippen LogP contribution in [0.3, 0.4) is 0 Å². The summed E-state index contributed by atoms with van der Waals surface area (Å²) in [7, 11) is 0. The molecule has 0 aliphatic rings. The molecule has 4 nitrogen and oxygen atoms in total. The van der Waals surface area contributed by atoms with Crippen molar-refractivity contribution in [2.24, 2.45) is 0 Å². The van der Waals surface area contributed by atoms with Gasteiger partial charge >= 0.3 is 5.69 Å². The standard InChI is InChI=1S/C10H16N2O2/c1-5-11-8(4)7(3)9(13)12(6-2)10(11)14/h5-6H2,1-4H3. The van der Waals surface area contributed by atoms with Crippen LogP contribution in [0.2, 0.25) is 0 Å². The minimum atomic E-state index is -0.205. The summed E-state index contributed by atoms with van der Waals surface area (Å²) in [5.74, 6) is 0. The molecule has 1 aromatic rings. The monoisotopic (exact) mass is 196 g/mol. The molecule has 0 atom stereocenters. The van der Waals surface area contributed by atoms with Crippen LogP contribution in [0.5, 0.6) is 0 Å². The minimum absolute atomic E-state index is 0.167. The lowest BCUT2D eigenvalue weighted by Crippen LogP contribution is -2.41. The minimum Gasteiger partial charge on any atom is -0.298 e. The Hall–Kier alpha value is -1.32. The van der Waals surface area contributed by atoms with E-state index in [0.717, 1.165) is 5.69 Å². The summed E-state index contributed by atoms with van der Waals surface area (Å²) >= 11 is 0. The van der Waals surface area contributed by atoms with E-state index in [-0.39, 0.29) is 11.2 Å². The van der Waals surface area contributed by atoms with E-state index in [1.165, 1.54) is 4.57 Å². The second kappa shape index (κ2) is 3.82. The van der Waals surface area contributed by atoms with E-state index in [9.17, 15) is 9.59 Å². The van der Waals surface area contributed by atoms with Gasteiger partial charge in [0, 0.05) is 24.3 Å². The van der Waals surface area contributed by atoms with E-state index in [1.807, 2.05) is 13.8 Å². The van der Waals surface area contributed by atoms with Crippen LogP contribution in [-0.4, -0.2) is 9.13 Å². The molecule has 14 heavy (non-hydrogen) atoms. The van der Waals surface area contributed by atoms with Crippen molar-refractivity contribution in [2.45, 2.75) is 40.8 Å². The van der Waals surface area contributed by atoms with Gasteiger partial charge in [-0.3, -0.25) is 13.9 Å². The molecular weight excluding hydrogens is 180 g/mol. The highest BCUT2D eigenvalue weighted by Gasteiger charge is 2.10. The Morgan fingerprint density at radius 1 is 1.00 bits per heavy atom. The van der Waals surface area contributed by atoms with Gasteiger partial charge in [-0.25, -0.2) is 4.79 Å². The maximum absolute atomic E-state index is 11.8. The van der Waals surface area contributed by atoms with Gasteiger partial charge in [-0.1, -0.05) is 0 Å². The summed E-state index contributed by atoms with van der Waals surface area (Å²) in [4.78, 5) is 23.4. The molecule has 0 N–H and O–H groups in total. The average molecular weight is 196 g/mol. The van der Waals surface area contributed by atoms with Crippen molar-refractivity contribution < 1.29 is 0 Å². The first-order valence-corrected chi connectivity index (χ1v) is 4.85. The second-order valence-corrected chi connectivity index (χ2v) is 3.29. The van der Waals surface area contributed by atoms with E-state index < -0.39 is 0 Å². The average Bonchev–Trinajstić information content (AvgIpc) is 2.16. The van der Waals surface area contributed by atoms with E-state index in [1.54, 1.807) is 18.4 Å². The van der Waals surface area contributed by atoms with Crippen molar-refractivity contribution in [1.29, 1.82) is 0 Å². The van der Waals surface area contributed by atoms with Crippen LogP contribution in [0, 0.1) is 13.8 Å². The molecular formula is C10H16N2O2. The fourth-order valence-electron chi connectivity index (χ4n) is 1.59. The lowest BCUT2D eigenvalue weighted by molar-refractivity contribution is 0.568. The molecule has 78 valence electrons. The van der Waals surface area contributed by atoms with E-state index >= 15 is 0 Å². The van der Waals surface area contributed by atoms with Crippen molar-refractivity contribution in [3.05, 3.63) is 32.1 Å². The van der Waals surface area contributed by atoms with Gasteiger partial charge in [-0.05, 0) is 27.7 Å². The molecule has 4 heteroatoms. The van der Waals surface area contributed by atoms with Crippen molar-refractivity contribution in [1.82, 2.24) is 9.13 Å². The van der Waals surface area contributed by atoms with Crippen LogP contribution >= 0.6 is 0 Å². The molecule has 0 spiro atoms. The van der Waals surface area contributed by atoms with Crippen LogP contribution in [-0.2, 0) is 13.1 Å². The largest absolute Gasteiger partial charge is 0.331 e. The van der Waals surface area contributed by atoms with Crippen LogP contribution < -0.4 is 11.2 Å². The number of hydrogen-bond donors (Lipinski definition) is 0. The molecule has 0 fully saturated rings. The number of hydrogen-bond acceptors (Lipinski definition) is 2. The Kier molecular flexibility index (Phi) is 2.93. The molecule has 0 saturated heterocycles. The zero-order valence-electron chi connectivity index (χ0n) is 9.13. The van der Waals surface area contributed by atoms with Gasteiger partial charge in [0.25, 0.3) is 5.56 Å². The number of aromatic nitrogens is 2. The van der Waals surface area contributed by atoms with Gasteiger partial charge in [0.2, 0.25) is 0 Å². The number of rotatable bonds is 2. The van der Waals surface area contributed by atoms with Gasteiger partial charge in [0.1, 0.15) is 0 Å². The third-order valence-electron chi connectivity index (χ3n) is 2.61. The molecule has 0 aromatic carbocycles. The molecule has 0 aliphatic carbocycles. The normalized spacial score (nSPS) is 10.6. The van der Waals surface area contributed by atoms with Crippen LogP contribution in [0.15, 0.2) is 9.59 Å². The first kappa shape index (κ1) is 10.8. The predicted molar refractivity (Wildman–Crippen MR) is 55.8 cm³/mol. The highest BCUT2D eigenvalue weighted by atomic mass is 16.2. The van der Waals surface area contributed by atoms with Crippen molar-refractivity contribution >= 4 is 0 Å². The Morgan fingerprint density at radius 2 is 1.50 bits per heavy atom. The molecule has 0 unspecified atom stereocenters. The van der Waals surface area contributed by atoms with E-state index in [4.69, 9.17) is 0 Å². The molecule has 1 rings (SSSR count). The Morgan fingerprint density at radius 3 is 1.93 bits per heavy atom. The third-order valence-corrected chi connectivity index (χ3v) is 2.61. The molecule has 1 aromatic heterocycles. The van der Waals surface area contributed by atoms with E-state index in [2.05, 4.69) is 0 Å². The Bertz CT molecular complexity index is 454. The summed E-state index contributed by atoms with van der Waals surface area (Å²) < 4.78 is 2.89. The Balaban J connectivity index is 3.74. The maximum atomic E-state index is 11.8. The highest BCUT2D eigenvalue weighted by molar-refractivity contribution is 5.14. The molecule has 0 radical (unpaired) electrons. The van der Waals surface area contributed by atoms with Gasteiger partial charge in [-0.15, -0.1) is 0 Å². The van der Waals surface area contributed by atoms with Gasteiger partial charge in [-0.2, -0.15) is 0 Å². The topological polar surface area (TPSA) is 44.0 Å². The van der Waals surface area contributed by atoms with Crippen LogP contribution in [0.4, 0.5) is 0 Å². The predicted octanol–water partition coefficient (Wildman–Crippen LogP) is 0.667. The smallest absolute Gasteiger partial charge is 0.298 e. The zero-order chi connectivity index (χ0) is 10.9. The third kappa shape index (κ3) is 1.41. The van der Waals surface area contributed by atoms with Gasteiger partial charge in [0.15, 0.2) is 0 Å². The Labute approximate surface area is 82.8 Å². The maximum Gasteiger partial charge on any atom is 0.331 e. The molecule has 0 saturated carbocycles. The van der Waals surface area contributed by atoms with Crippen molar-refractivity contribution in [3.8, 4) is 0 Å². The van der Waals surface area contributed by atoms with Crippen LogP contribution in [0.1, 0.15) is 25.1 Å². The summed E-state index contributed by atoms with van der Waals surface area (Å²) in [5.41, 5.74) is 1.06. The van der Waals surface area contributed by atoms with E-state index in [0.29, 0.717) is 18.7 Å². The molecule has 0 aliphatic heterocycles. The summed E-state index contributed by atoms with van der Waals surface area (Å²) in [6, 6.07) is 0. The first-order chi connectivity index (χ1) is 6.54. The molecule has 1 heterocycles. The number of nitrogens with zero attached hydrogens (tertiary/aromatic N) is 2. The lowest BCUT2D eigenvalue weighted by Gasteiger charge is -2.12. The molecule has 0 amide bonds. The highest BCUT2D eigenvalue weighted by Crippen LogP contribution is 1.97. The lowest BCUT2D eigenvalue weighted by atomic mass is 10.2. The summed E-state index contributed by atoms with van der Waals surface area (Å²) in [5, 5.41) is 0. The molecule has 0 bridgehead atoms. The zero-order valence-corrected chi connectivity index (χ0v) is 9.13. The van der Waals surface area contributed by atoms with Crippen molar-refractivity contribution in [3.63, 3.8) is 0 Å². The van der Waals surface area contributed by atoms with Crippen molar-refractivity contribution in [2.75, 3.05) is 0 Å². The summed E-state index contributed by atoms with van der Waals surface area (Å²) in [6.45, 7) is 8.30. The SMILES string of the molecule is CCn1c(C)c(C)c(=O)n(CC)c1=O. The van der Waals surface area contributed by atoms with Crippen LogP contribution in [0.25, 0.3) is 0 Å². The first-order valence-electron chi connectivity index (χ1n) is 4.85. The second-order valence-electron chi connectivity index (χ2n) is 3.29. The fourth-order valence-corrected chi connectivity index (χ4v) is 1.59.